The zero-order valence-electron chi connectivity index (χ0n) is 9.85. The molecule has 0 amide bonds. The SMILES string of the molecule is COc1ccc(C2=CCC(C(=O)O)CC2)cc1. The van der Waals surface area contributed by atoms with Crippen molar-refractivity contribution in [3.8, 4) is 5.75 Å². The molecule has 1 unspecified atom stereocenters. The summed E-state index contributed by atoms with van der Waals surface area (Å²) in [6, 6.07) is 7.90. The Labute approximate surface area is 101 Å². The Balaban J connectivity index is 2.10. The first-order chi connectivity index (χ1) is 8.20. The minimum absolute atomic E-state index is 0.211. The van der Waals surface area contributed by atoms with Crippen molar-refractivity contribution in [2.24, 2.45) is 5.92 Å². The number of hydrogen-bond acceptors (Lipinski definition) is 2. The molecule has 0 aliphatic heterocycles. The monoisotopic (exact) mass is 232 g/mol. The predicted octanol–water partition coefficient (Wildman–Crippen LogP) is 2.96. The van der Waals surface area contributed by atoms with Gasteiger partial charge in [0, 0.05) is 0 Å². The second-order valence-corrected chi connectivity index (χ2v) is 4.27. The highest BCUT2D eigenvalue weighted by atomic mass is 16.5. The van der Waals surface area contributed by atoms with Gasteiger partial charge in [0.15, 0.2) is 0 Å². The van der Waals surface area contributed by atoms with E-state index in [1.54, 1.807) is 7.11 Å². The molecule has 0 heterocycles. The summed E-state index contributed by atoms with van der Waals surface area (Å²) in [7, 11) is 1.65. The van der Waals surface area contributed by atoms with Crippen molar-refractivity contribution in [1.29, 1.82) is 0 Å². The van der Waals surface area contributed by atoms with E-state index in [2.05, 4.69) is 0 Å². The first kappa shape index (κ1) is 11.7. The van der Waals surface area contributed by atoms with Gasteiger partial charge >= 0.3 is 5.97 Å². The van der Waals surface area contributed by atoms with Gasteiger partial charge in [0.05, 0.1) is 13.0 Å². The summed E-state index contributed by atoms with van der Waals surface area (Å²) in [5.41, 5.74) is 2.40. The molecule has 0 bridgehead atoms. The van der Waals surface area contributed by atoms with E-state index in [0.29, 0.717) is 6.42 Å². The van der Waals surface area contributed by atoms with Crippen LogP contribution in [-0.2, 0) is 4.79 Å². The van der Waals surface area contributed by atoms with Gasteiger partial charge in [-0.3, -0.25) is 4.79 Å². The van der Waals surface area contributed by atoms with E-state index < -0.39 is 5.97 Å². The summed E-state index contributed by atoms with van der Waals surface area (Å²) in [5, 5.41) is 8.92. The molecule has 1 aromatic rings. The van der Waals surface area contributed by atoms with Crippen molar-refractivity contribution in [3.05, 3.63) is 35.9 Å². The maximum absolute atomic E-state index is 10.8. The van der Waals surface area contributed by atoms with Crippen molar-refractivity contribution in [2.75, 3.05) is 7.11 Å². The lowest BCUT2D eigenvalue weighted by Gasteiger charge is -2.18. The van der Waals surface area contributed by atoms with Crippen LogP contribution in [0.15, 0.2) is 30.3 Å². The number of benzene rings is 1. The number of aliphatic carboxylic acids is 1. The third-order valence-corrected chi connectivity index (χ3v) is 3.22. The van der Waals surface area contributed by atoms with Crippen LogP contribution in [0.25, 0.3) is 5.57 Å². The van der Waals surface area contributed by atoms with Crippen molar-refractivity contribution in [2.45, 2.75) is 19.3 Å². The Bertz CT molecular complexity index is 431. The largest absolute Gasteiger partial charge is 0.497 e. The molecule has 1 N–H and O–H groups in total. The molecule has 0 fully saturated rings. The maximum atomic E-state index is 10.8. The standard InChI is InChI=1S/C14H16O3/c1-17-13-8-6-11(7-9-13)10-2-4-12(5-3-10)14(15)16/h2,6-9,12H,3-5H2,1H3,(H,15,16). The third kappa shape index (κ3) is 2.67. The molecule has 1 aliphatic carbocycles. The van der Waals surface area contributed by atoms with E-state index in [1.165, 1.54) is 5.57 Å². The topological polar surface area (TPSA) is 46.5 Å². The minimum Gasteiger partial charge on any atom is -0.497 e. The van der Waals surface area contributed by atoms with Crippen molar-refractivity contribution < 1.29 is 14.6 Å². The first-order valence-electron chi connectivity index (χ1n) is 5.77. The molecule has 1 atom stereocenters. The van der Waals surface area contributed by atoms with Crippen LogP contribution < -0.4 is 4.74 Å². The highest BCUT2D eigenvalue weighted by Crippen LogP contribution is 2.30. The van der Waals surface area contributed by atoms with Crippen LogP contribution >= 0.6 is 0 Å². The van der Waals surface area contributed by atoms with Gasteiger partial charge in [0.2, 0.25) is 0 Å². The van der Waals surface area contributed by atoms with Gasteiger partial charge in [0.1, 0.15) is 5.75 Å². The minimum atomic E-state index is -0.685. The van der Waals surface area contributed by atoms with Crippen molar-refractivity contribution in [3.63, 3.8) is 0 Å². The smallest absolute Gasteiger partial charge is 0.306 e. The van der Waals surface area contributed by atoms with Crippen LogP contribution in [0, 0.1) is 5.92 Å². The van der Waals surface area contributed by atoms with Gasteiger partial charge in [-0.25, -0.2) is 0 Å². The second kappa shape index (κ2) is 5.04. The lowest BCUT2D eigenvalue weighted by molar-refractivity contribution is -0.141. The number of allylic oxidation sites excluding steroid dienone is 2. The summed E-state index contributed by atoms with van der Waals surface area (Å²) >= 11 is 0. The fraction of sp³-hybridized carbons (Fsp3) is 0.357. The fourth-order valence-electron chi connectivity index (χ4n) is 2.13. The summed E-state index contributed by atoms with van der Waals surface area (Å²) in [5.74, 6) is -0.0550. The normalized spacial score (nSPS) is 19.6. The molecular weight excluding hydrogens is 216 g/mol. The van der Waals surface area contributed by atoms with E-state index in [9.17, 15) is 4.79 Å². The zero-order valence-corrected chi connectivity index (χ0v) is 9.85. The van der Waals surface area contributed by atoms with Crippen molar-refractivity contribution >= 4 is 11.5 Å². The van der Waals surface area contributed by atoms with Gasteiger partial charge in [-0.15, -0.1) is 0 Å². The Hall–Kier alpha value is -1.77. The quantitative estimate of drug-likeness (QED) is 0.871. The highest BCUT2D eigenvalue weighted by molar-refractivity contribution is 5.74. The van der Waals surface area contributed by atoms with E-state index in [-0.39, 0.29) is 5.92 Å². The molecule has 2 rings (SSSR count). The Morgan fingerprint density at radius 3 is 2.53 bits per heavy atom. The number of carbonyl (C=O) groups is 1. The number of rotatable bonds is 3. The molecule has 90 valence electrons. The highest BCUT2D eigenvalue weighted by Gasteiger charge is 2.20. The molecule has 0 radical (unpaired) electrons. The zero-order chi connectivity index (χ0) is 12.3. The van der Waals surface area contributed by atoms with Crippen LogP contribution in [0.4, 0.5) is 0 Å². The van der Waals surface area contributed by atoms with Gasteiger partial charge in [-0.1, -0.05) is 18.2 Å². The predicted molar refractivity (Wildman–Crippen MR) is 65.9 cm³/mol. The molecule has 1 aliphatic rings. The summed E-state index contributed by atoms with van der Waals surface area (Å²) in [6.45, 7) is 0. The average molecular weight is 232 g/mol. The van der Waals surface area contributed by atoms with Gasteiger partial charge in [0.25, 0.3) is 0 Å². The van der Waals surface area contributed by atoms with E-state index in [4.69, 9.17) is 9.84 Å². The Morgan fingerprint density at radius 2 is 2.06 bits per heavy atom. The molecule has 0 spiro atoms. The second-order valence-electron chi connectivity index (χ2n) is 4.27. The molecule has 3 heteroatoms. The first-order valence-corrected chi connectivity index (χ1v) is 5.77. The van der Waals surface area contributed by atoms with Crippen LogP contribution in [0.3, 0.4) is 0 Å². The maximum Gasteiger partial charge on any atom is 0.306 e. The van der Waals surface area contributed by atoms with Crippen LogP contribution in [0.5, 0.6) is 5.75 Å². The Kier molecular flexibility index (Phi) is 3.47. The number of methoxy groups -OCH3 is 1. The van der Waals surface area contributed by atoms with Gasteiger partial charge < -0.3 is 9.84 Å². The third-order valence-electron chi connectivity index (χ3n) is 3.22. The molecule has 1 aromatic carbocycles. The molecule has 17 heavy (non-hydrogen) atoms. The average Bonchev–Trinajstić information content (AvgIpc) is 2.39. The van der Waals surface area contributed by atoms with E-state index >= 15 is 0 Å². The summed E-state index contributed by atoms with van der Waals surface area (Å²) < 4.78 is 5.11. The van der Waals surface area contributed by atoms with Crippen LogP contribution in [-0.4, -0.2) is 18.2 Å². The number of carboxylic acid groups (broad SMARTS) is 1. The van der Waals surface area contributed by atoms with Crippen molar-refractivity contribution in [1.82, 2.24) is 0 Å². The van der Waals surface area contributed by atoms with Gasteiger partial charge in [-0.2, -0.15) is 0 Å². The van der Waals surface area contributed by atoms with E-state index in [1.807, 2.05) is 30.3 Å². The lowest BCUT2D eigenvalue weighted by atomic mass is 9.87. The fourth-order valence-corrected chi connectivity index (χ4v) is 2.13. The van der Waals surface area contributed by atoms with Crippen LogP contribution in [0.1, 0.15) is 24.8 Å². The number of carboxylic acids is 1. The van der Waals surface area contributed by atoms with Gasteiger partial charge in [-0.05, 0) is 42.5 Å². The summed E-state index contributed by atoms with van der Waals surface area (Å²) in [4.78, 5) is 10.8. The molecule has 3 nitrogen and oxygen atoms in total. The summed E-state index contributed by atoms with van der Waals surface area (Å²) in [6.07, 6.45) is 4.25. The van der Waals surface area contributed by atoms with E-state index in [0.717, 1.165) is 24.2 Å². The Morgan fingerprint density at radius 1 is 1.35 bits per heavy atom. The lowest BCUT2D eigenvalue weighted by Crippen LogP contribution is -2.15. The number of ether oxygens (including phenoxy) is 1. The molecule has 0 saturated carbocycles. The number of hydrogen-bond donors (Lipinski definition) is 1. The molecular formula is C14H16O3. The molecule has 0 aromatic heterocycles. The molecule has 0 saturated heterocycles. The van der Waals surface area contributed by atoms with Crippen LogP contribution in [0.2, 0.25) is 0 Å².